The van der Waals surface area contributed by atoms with Crippen LogP contribution in [0.5, 0.6) is 5.75 Å². The molecule has 0 radical (unpaired) electrons. The fourth-order valence-electron chi connectivity index (χ4n) is 1.24. The standard InChI is InChI=1S/C11H17NO/c1-8(2)12-10-6-5-9(3)11(7-10)13-4/h5-8,12H,1-4H3. The molecule has 0 bridgehead atoms. The van der Waals surface area contributed by atoms with Gasteiger partial charge in [0, 0.05) is 17.8 Å². The van der Waals surface area contributed by atoms with Gasteiger partial charge in [-0.3, -0.25) is 0 Å². The lowest BCUT2D eigenvalue weighted by Crippen LogP contribution is -2.09. The Hall–Kier alpha value is -1.18. The average molecular weight is 179 g/mol. The van der Waals surface area contributed by atoms with Crippen molar-refractivity contribution >= 4 is 5.69 Å². The lowest BCUT2D eigenvalue weighted by Gasteiger charge is -2.12. The van der Waals surface area contributed by atoms with E-state index in [0.29, 0.717) is 6.04 Å². The van der Waals surface area contributed by atoms with Crippen LogP contribution in [-0.2, 0) is 0 Å². The summed E-state index contributed by atoms with van der Waals surface area (Å²) in [5.41, 5.74) is 2.27. The molecule has 1 rings (SSSR count). The Morgan fingerprint density at radius 2 is 2.00 bits per heavy atom. The van der Waals surface area contributed by atoms with Crippen LogP contribution < -0.4 is 10.1 Å². The summed E-state index contributed by atoms with van der Waals surface area (Å²) >= 11 is 0. The van der Waals surface area contributed by atoms with Crippen LogP contribution in [0.3, 0.4) is 0 Å². The summed E-state index contributed by atoms with van der Waals surface area (Å²) < 4.78 is 5.23. The van der Waals surface area contributed by atoms with Crippen molar-refractivity contribution in [3.63, 3.8) is 0 Å². The van der Waals surface area contributed by atoms with E-state index in [1.807, 2.05) is 13.0 Å². The van der Waals surface area contributed by atoms with Gasteiger partial charge in [-0.05, 0) is 32.4 Å². The zero-order chi connectivity index (χ0) is 9.84. The minimum absolute atomic E-state index is 0.451. The minimum Gasteiger partial charge on any atom is -0.496 e. The molecule has 0 aliphatic rings. The lowest BCUT2D eigenvalue weighted by molar-refractivity contribution is 0.412. The molecule has 0 fully saturated rings. The summed E-state index contributed by atoms with van der Waals surface area (Å²) in [6.07, 6.45) is 0. The Bertz CT molecular complexity index is 281. The quantitative estimate of drug-likeness (QED) is 0.770. The molecule has 1 N–H and O–H groups in total. The Labute approximate surface area is 79.9 Å². The molecular formula is C11H17NO. The monoisotopic (exact) mass is 179 g/mol. The maximum atomic E-state index is 5.23. The van der Waals surface area contributed by atoms with Gasteiger partial charge in [0.05, 0.1) is 7.11 Å². The Morgan fingerprint density at radius 1 is 1.31 bits per heavy atom. The molecule has 0 spiro atoms. The van der Waals surface area contributed by atoms with E-state index in [1.165, 1.54) is 0 Å². The zero-order valence-electron chi connectivity index (χ0n) is 8.72. The van der Waals surface area contributed by atoms with Gasteiger partial charge in [0.25, 0.3) is 0 Å². The molecule has 1 aromatic carbocycles. The second kappa shape index (κ2) is 4.17. The van der Waals surface area contributed by atoms with Crippen LogP contribution in [0, 0.1) is 6.92 Å². The number of benzene rings is 1. The van der Waals surface area contributed by atoms with E-state index >= 15 is 0 Å². The SMILES string of the molecule is COc1cc(NC(C)C)ccc1C. The fraction of sp³-hybridized carbons (Fsp3) is 0.455. The van der Waals surface area contributed by atoms with Gasteiger partial charge in [0.1, 0.15) is 5.75 Å². The normalized spacial score (nSPS) is 10.2. The van der Waals surface area contributed by atoms with Gasteiger partial charge in [-0.25, -0.2) is 0 Å². The first-order valence-corrected chi connectivity index (χ1v) is 4.54. The molecule has 0 aliphatic carbocycles. The van der Waals surface area contributed by atoms with Gasteiger partial charge >= 0.3 is 0 Å². The predicted molar refractivity (Wildman–Crippen MR) is 56.5 cm³/mol. The van der Waals surface area contributed by atoms with Gasteiger partial charge in [0.2, 0.25) is 0 Å². The van der Waals surface area contributed by atoms with E-state index in [-0.39, 0.29) is 0 Å². The van der Waals surface area contributed by atoms with Gasteiger partial charge in [-0.2, -0.15) is 0 Å². The molecule has 72 valence electrons. The van der Waals surface area contributed by atoms with Crippen LogP contribution in [0.2, 0.25) is 0 Å². The topological polar surface area (TPSA) is 21.3 Å². The Balaban J connectivity index is 2.86. The number of hydrogen-bond acceptors (Lipinski definition) is 2. The Kier molecular flexibility index (Phi) is 3.18. The van der Waals surface area contributed by atoms with Crippen molar-refractivity contribution in [2.45, 2.75) is 26.8 Å². The van der Waals surface area contributed by atoms with E-state index in [1.54, 1.807) is 7.11 Å². The van der Waals surface area contributed by atoms with E-state index in [4.69, 9.17) is 4.74 Å². The maximum Gasteiger partial charge on any atom is 0.123 e. The average Bonchev–Trinajstić information content (AvgIpc) is 2.07. The molecule has 0 amide bonds. The van der Waals surface area contributed by atoms with Crippen molar-refractivity contribution in [1.29, 1.82) is 0 Å². The molecule has 2 nitrogen and oxygen atoms in total. The van der Waals surface area contributed by atoms with Crippen molar-refractivity contribution < 1.29 is 4.74 Å². The smallest absolute Gasteiger partial charge is 0.123 e. The molecule has 0 aromatic heterocycles. The number of nitrogens with one attached hydrogen (secondary N) is 1. The van der Waals surface area contributed by atoms with Crippen LogP contribution in [0.15, 0.2) is 18.2 Å². The van der Waals surface area contributed by atoms with Crippen molar-refractivity contribution in [3.8, 4) is 5.75 Å². The largest absolute Gasteiger partial charge is 0.496 e. The molecular weight excluding hydrogens is 162 g/mol. The summed E-state index contributed by atoms with van der Waals surface area (Å²) in [4.78, 5) is 0. The molecule has 0 atom stereocenters. The third-order valence-electron chi connectivity index (χ3n) is 1.86. The zero-order valence-corrected chi connectivity index (χ0v) is 8.72. The van der Waals surface area contributed by atoms with Crippen molar-refractivity contribution in [3.05, 3.63) is 23.8 Å². The van der Waals surface area contributed by atoms with Crippen molar-refractivity contribution in [2.24, 2.45) is 0 Å². The van der Waals surface area contributed by atoms with Crippen LogP contribution in [0.25, 0.3) is 0 Å². The minimum atomic E-state index is 0.451. The summed E-state index contributed by atoms with van der Waals surface area (Å²) in [7, 11) is 1.70. The molecule has 0 unspecified atom stereocenters. The van der Waals surface area contributed by atoms with Crippen LogP contribution in [0.4, 0.5) is 5.69 Å². The second-order valence-electron chi connectivity index (χ2n) is 3.48. The predicted octanol–water partition coefficient (Wildman–Crippen LogP) is 2.82. The highest BCUT2D eigenvalue weighted by Gasteiger charge is 2.00. The molecule has 13 heavy (non-hydrogen) atoms. The maximum absolute atomic E-state index is 5.23. The summed E-state index contributed by atoms with van der Waals surface area (Å²) in [6.45, 7) is 6.27. The number of rotatable bonds is 3. The highest BCUT2D eigenvalue weighted by Crippen LogP contribution is 2.22. The third-order valence-corrected chi connectivity index (χ3v) is 1.86. The number of ether oxygens (including phenoxy) is 1. The van der Waals surface area contributed by atoms with Crippen LogP contribution in [0.1, 0.15) is 19.4 Å². The lowest BCUT2D eigenvalue weighted by atomic mass is 10.2. The molecule has 0 aliphatic heterocycles. The van der Waals surface area contributed by atoms with Crippen LogP contribution in [-0.4, -0.2) is 13.2 Å². The highest BCUT2D eigenvalue weighted by atomic mass is 16.5. The number of aryl methyl sites for hydroxylation is 1. The van der Waals surface area contributed by atoms with Gasteiger partial charge in [0.15, 0.2) is 0 Å². The van der Waals surface area contributed by atoms with E-state index in [9.17, 15) is 0 Å². The van der Waals surface area contributed by atoms with Crippen molar-refractivity contribution in [2.75, 3.05) is 12.4 Å². The fourth-order valence-corrected chi connectivity index (χ4v) is 1.24. The summed E-state index contributed by atoms with van der Waals surface area (Å²) in [5.74, 6) is 0.936. The van der Waals surface area contributed by atoms with E-state index < -0.39 is 0 Å². The van der Waals surface area contributed by atoms with Crippen LogP contribution >= 0.6 is 0 Å². The van der Waals surface area contributed by atoms with Gasteiger partial charge in [-0.15, -0.1) is 0 Å². The Morgan fingerprint density at radius 3 is 2.54 bits per heavy atom. The first-order valence-electron chi connectivity index (χ1n) is 4.54. The molecule has 2 heteroatoms. The highest BCUT2D eigenvalue weighted by molar-refractivity contribution is 5.51. The number of hydrogen-bond donors (Lipinski definition) is 1. The van der Waals surface area contributed by atoms with E-state index in [2.05, 4.69) is 31.3 Å². The molecule has 1 aromatic rings. The molecule has 0 saturated heterocycles. The van der Waals surface area contributed by atoms with Gasteiger partial charge < -0.3 is 10.1 Å². The van der Waals surface area contributed by atoms with E-state index in [0.717, 1.165) is 17.0 Å². The molecule has 0 heterocycles. The summed E-state index contributed by atoms with van der Waals surface area (Å²) in [5, 5.41) is 3.33. The second-order valence-corrected chi connectivity index (χ2v) is 3.48. The first kappa shape index (κ1) is 9.90. The van der Waals surface area contributed by atoms with Crippen molar-refractivity contribution in [1.82, 2.24) is 0 Å². The number of anilines is 1. The number of methoxy groups -OCH3 is 1. The molecule has 0 saturated carbocycles. The summed E-state index contributed by atoms with van der Waals surface area (Å²) in [6, 6.07) is 6.60. The first-order chi connectivity index (χ1) is 6.13. The third kappa shape index (κ3) is 2.65. The van der Waals surface area contributed by atoms with Gasteiger partial charge in [-0.1, -0.05) is 6.07 Å².